The Morgan fingerprint density at radius 1 is 1.39 bits per heavy atom. The standard InChI is InChI=1S/C10H18N2O5S/c1-18(16,17)6-2-5-11-10(15)12(7-9(13)14)8-3-4-8/h8H,2-7H2,1H3,(H,11,15)(H,13,14). The Kier molecular flexibility index (Phi) is 4.94. The predicted octanol–water partition coefficient (Wildman–Crippen LogP) is -0.320. The van der Waals surface area contributed by atoms with Crippen LogP contribution in [0.3, 0.4) is 0 Å². The average molecular weight is 278 g/mol. The fourth-order valence-electron chi connectivity index (χ4n) is 1.53. The van der Waals surface area contributed by atoms with Crippen LogP contribution in [0.5, 0.6) is 0 Å². The Labute approximate surface area is 106 Å². The second-order valence-electron chi connectivity index (χ2n) is 4.47. The van der Waals surface area contributed by atoms with Crippen molar-refractivity contribution in [2.24, 2.45) is 0 Å². The summed E-state index contributed by atoms with van der Waals surface area (Å²) in [4.78, 5) is 23.6. The topological polar surface area (TPSA) is 104 Å². The molecular formula is C10H18N2O5S. The quantitative estimate of drug-likeness (QED) is 0.621. The van der Waals surface area contributed by atoms with Gasteiger partial charge in [-0.15, -0.1) is 0 Å². The highest BCUT2D eigenvalue weighted by Crippen LogP contribution is 2.26. The summed E-state index contributed by atoms with van der Waals surface area (Å²) in [6.07, 6.45) is 3.11. The van der Waals surface area contributed by atoms with E-state index in [1.165, 1.54) is 4.90 Å². The first kappa shape index (κ1) is 14.7. The van der Waals surface area contributed by atoms with Crippen LogP contribution < -0.4 is 5.32 Å². The molecule has 8 heteroatoms. The Hall–Kier alpha value is -1.31. The number of sulfone groups is 1. The fraction of sp³-hybridized carbons (Fsp3) is 0.800. The molecule has 1 saturated carbocycles. The van der Waals surface area contributed by atoms with E-state index in [2.05, 4.69) is 5.32 Å². The number of hydrogen-bond donors (Lipinski definition) is 2. The first-order valence-corrected chi connectivity index (χ1v) is 7.79. The van der Waals surface area contributed by atoms with Gasteiger partial charge in [-0.3, -0.25) is 4.79 Å². The van der Waals surface area contributed by atoms with Crippen LogP contribution in [0.2, 0.25) is 0 Å². The first-order valence-electron chi connectivity index (χ1n) is 5.73. The molecule has 0 radical (unpaired) electrons. The number of rotatable bonds is 7. The second kappa shape index (κ2) is 6.03. The SMILES string of the molecule is CS(=O)(=O)CCCNC(=O)N(CC(=O)O)C1CC1. The third kappa shape index (κ3) is 5.85. The van der Waals surface area contributed by atoms with Crippen molar-refractivity contribution in [2.45, 2.75) is 25.3 Å². The Morgan fingerprint density at radius 2 is 2.00 bits per heavy atom. The monoisotopic (exact) mass is 278 g/mol. The van der Waals surface area contributed by atoms with Gasteiger partial charge in [0.1, 0.15) is 16.4 Å². The van der Waals surface area contributed by atoms with Crippen molar-refractivity contribution in [3.05, 3.63) is 0 Å². The summed E-state index contributed by atoms with van der Waals surface area (Å²) in [5.74, 6) is -1.04. The summed E-state index contributed by atoms with van der Waals surface area (Å²) in [6, 6.07) is -0.426. The summed E-state index contributed by atoms with van der Waals surface area (Å²) in [7, 11) is -3.02. The van der Waals surface area contributed by atoms with Crippen LogP contribution in [-0.2, 0) is 14.6 Å². The van der Waals surface area contributed by atoms with E-state index in [9.17, 15) is 18.0 Å². The maximum absolute atomic E-state index is 11.7. The molecule has 0 aromatic carbocycles. The molecule has 0 bridgehead atoms. The van der Waals surface area contributed by atoms with Gasteiger partial charge in [-0.2, -0.15) is 0 Å². The number of carboxylic acid groups (broad SMARTS) is 1. The van der Waals surface area contributed by atoms with E-state index in [-0.39, 0.29) is 24.9 Å². The maximum Gasteiger partial charge on any atom is 0.323 e. The van der Waals surface area contributed by atoms with Crippen LogP contribution >= 0.6 is 0 Å². The van der Waals surface area contributed by atoms with Gasteiger partial charge in [0.25, 0.3) is 0 Å². The number of carbonyl (C=O) groups is 2. The van der Waals surface area contributed by atoms with Crippen LogP contribution in [0.1, 0.15) is 19.3 Å². The highest BCUT2D eigenvalue weighted by atomic mass is 32.2. The third-order valence-corrected chi connectivity index (χ3v) is 3.55. The number of urea groups is 1. The van der Waals surface area contributed by atoms with Crippen LogP contribution in [-0.4, -0.2) is 61.6 Å². The molecule has 7 nitrogen and oxygen atoms in total. The van der Waals surface area contributed by atoms with Crippen LogP contribution in [0.15, 0.2) is 0 Å². The molecule has 0 atom stereocenters. The van der Waals surface area contributed by atoms with Gasteiger partial charge in [0.05, 0.1) is 5.75 Å². The van der Waals surface area contributed by atoms with Crippen molar-refractivity contribution in [1.29, 1.82) is 0 Å². The number of hydrogen-bond acceptors (Lipinski definition) is 4. The van der Waals surface area contributed by atoms with Crippen molar-refractivity contribution < 1.29 is 23.1 Å². The van der Waals surface area contributed by atoms with Gasteiger partial charge in [-0.25, -0.2) is 13.2 Å². The molecule has 1 aliphatic rings. The lowest BCUT2D eigenvalue weighted by Gasteiger charge is -2.20. The molecule has 0 saturated heterocycles. The Balaban J connectivity index is 2.31. The average Bonchev–Trinajstić information content (AvgIpc) is 3.02. The zero-order chi connectivity index (χ0) is 13.8. The van der Waals surface area contributed by atoms with E-state index >= 15 is 0 Å². The number of nitrogens with zero attached hydrogens (tertiary/aromatic N) is 1. The summed E-state index contributed by atoms with van der Waals surface area (Å²) in [5.41, 5.74) is 0. The van der Waals surface area contributed by atoms with E-state index < -0.39 is 21.8 Å². The van der Waals surface area contributed by atoms with Crippen LogP contribution in [0, 0.1) is 0 Å². The largest absolute Gasteiger partial charge is 0.480 e. The maximum atomic E-state index is 11.7. The molecule has 0 aromatic heterocycles. The fourth-order valence-corrected chi connectivity index (χ4v) is 2.20. The minimum Gasteiger partial charge on any atom is -0.480 e. The molecule has 2 N–H and O–H groups in total. The molecule has 0 spiro atoms. The number of carboxylic acids is 1. The normalized spacial score (nSPS) is 15.2. The summed E-state index contributed by atoms with van der Waals surface area (Å²) >= 11 is 0. The van der Waals surface area contributed by atoms with Gasteiger partial charge in [0.15, 0.2) is 0 Å². The molecule has 0 unspecified atom stereocenters. The lowest BCUT2D eigenvalue weighted by atomic mass is 10.4. The summed E-state index contributed by atoms with van der Waals surface area (Å²) in [5, 5.41) is 11.2. The molecule has 0 heterocycles. The Bertz CT molecular complexity index is 416. The highest BCUT2D eigenvalue weighted by Gasteiger charge is 2.33. The minimum atomic E-state index is -3.02. The molecule has 1 aliphatic carbocycles. The van der Waals surface area contributed by atoms with Crippen molar-refractivity contribution >= 4 is 21.8 Å². The van der Waals surface area contributed by atoms with Crippen molar-refractivity contribution in [3.63, 3.8) is 0 Å². The van der Waals surface area contributed by atoms with Gasteiger partial charge in [0, 0.05) is 18.8 Å². The van der Waals surface area contributed by atoms with Crippen molar-refractivity contribution in [1.82, 2.24) is 10.2 Å². The van der Waals surface area contributed by atoms with Gasteiger partial charge >= 0.3 is 12.0 Å². The molecule has 104 valence electrons. The van der Waals surface area contributed by atoms with Gasteiger partial charge in [0.2, 0.25) is 0 Å². The number of aliphatic carboxylic acids is 1. The van der Waals surface area contributed by atoms with Gasteiger partial charge < -0.3 is 15.3 Å². The van der Waals surface area contributed by atoms with E-state index in [4.69, 9.17) is 5.11 Å². The van der Waals surface area contributed by atoms with Crippen LogP contribution in [0.25, 0.3) is 0 Å². The second-order valence-corrected chi connectivity index (χ2v) is 6.73. The first-order chi connectivity index (χ1) is 8.29. The lowest BCUT2D eigenvalue weighted by Crippen LogP contribution is -2.44. The number of amides is 2. The number of nitrogens with one attached hydrogen (secondary N) is 1. The lowest BCUT2D eigenvalue weighted by molar-refractivity contribution is -0.137. The molecular weight excluding hydrogens is 260 g/mol. The zero-order valence-corrected chi connectivity index (χ0v) is 11.1. The van der Waals surface area contributed by atoms with Crippen LogP contribution in [0.4, 0.5) is 4.79 Å². The van der Waals surface area contributed by atoms with Gasteiger partial charge in [-0.05, 0) is 19.3 Å². The summed E-state index contributed by atoms with van der Waals surface area (Å²) < 4.78 is 21.7. The molecule has 0 aliphatic heterocycles. The predicted molar refractivity (Wildman–Crippen MR) is 65.1 cm³/mol. The van der Waals surface area contributed by atoms with E-state index in [1.54, 1.807) is 0 Å². The van der Waals surface area contributed by atoms with Crippen molar-refractivity contribution in [2.75, 3.05) is 25.1 Å². The van der Waals surface area contributed by atoms with E-state index in [0.717, 1.165) is 19.1 Å². The smallest absolute Gasteiger partial charge is 0.323 e. The molecule has 1 fully saturated rings. The molecule has 1 rings (SSSR count). The molecule has 0 aromatic rings. The third-order valence-electron chi connectivity index (χ3n) is 2.52. The summed E-state index contributed by atoms with van der Waals surface area (Å²) in [6.45, 7) is -0.0860. The van der Waals surface area contributed by atoms with Crippen molar-refractivity contribution in [3.8, 4) is 0 Å². The molecule has 2 amide bonds. The number of carbonyl (C=O) groups excluding carboxylic acids is 1. The van der Waals surface area contributed by atoms with Gasteiger partial charge in [-0.1, -0.05) is 0 Å². The zero-order valence-electron chi connectivity index (χ0n) is 10.3. The van der Waals surface area contributed by atoms with E-state index in [1.807, 2.05) is 0 Å². The van der Waals surface area contributed by atoms with E-state index in [0.29, 0.717) is 6.42 Å². The Morgan fingerprint density at radius 3 is 2.44 bits per heavy atom. The highest BCUT2D eigenvalue weighted by molar-refractivity contribution is 7.90. The minimum absolute atomic E-state index is 0.00956. The molecule has 18 heavy (non-hydrogen) atoms.